The van der Waals surface area contributed by atoms with Crippen LogP contribution in [0.1, 0.15) is 20.3 Å². The number of rotatable bonds is 3. The van der Waals surface area contributed by atoms with E-state index in [-0.39, 0.29) is 17.5 Å². The molecular formula is C6H12O2S. The molecule has 0 fully saturated rings. The van der Waals surface area contributed by atoms with E-state index in [4.69, 9.17) is 5.11 Å². The van der Waals surface area contributed by atoms with Gasteiger partial charge in [0, 0.05) is 6.42 Å². The molecule has 0 aromatic carbocycles. The van der Waals surface area contributed by atoms with Gasteiger partial charge in [-0.1, -0.05) is 13.8 Å². The summed E-state index contributed by atoms with van der Waals surface area (Å²) in [6, 6.07) is 0. The molecule has 0 heterocycles. The summed E-state index contributed by atoms with van der Waals surface area (Å²) in [5, 5.41) is 8.77. The highest BCUT2D eigenvalue weighted by Gasteiger charge is 2.10. The molecule has 0 rings (SSSR count). The smallest absolute Gasteiger partial charge is 0.188 e. The molecule has 0 radical (unpaired) electrons. The maximum absolute atomic E-state index is 10.3. The van der Waals surface area contributed by atoms with Crippen LogP contribution in [0.25, 0.3) is 0 Å². The predicted octanol–water partition coefficient (Wildman–Crippen LogP) is 0.850. The van der Waals surface area contributed by atoms with Crippen LogP contribution < -0.4 is 0 Å². The third-order valence-corrected chi connectivity index (χ3v) is 1.34. The van der Waals surface area contributed by atoms with Gasteiger partial charge >= 0.3 is 0 Å². The summed E-state index contributed by atoms with van der Waals surface area (Å²) in [5.41, 5.74) is 0. The van der Waals surface area contributed by atoms with Gasteiger partial charge < -0.3 is 5.11 Å². The zero-order valence-corrected chi connectivity index (χ0v) is 6.56. The van der Waals surface area contributed by atoms with Gasteiger partial charge in [-0.3, -0.25) is 4.79 Å². The van der Waals surface area contributed by atoms with E-state index < -0.39 is 6.10 Å². The van der Waals surface area contributed by atoms with Gasteiger partial charge in [-0.25, -0.2) is 0 Å². The van der Waals surface area contributed by atoms with E-state index in [0.717, 1.165) is 0 Å². The fourth-order valence-corrected chi connectivity index (χ4v) is 0.602. The van der Waals surface area contributed by atoms with E-state index in [1.807, 2.05) is 13.8 Å². The molecule has 3 heteroatoms. The molecule has 0 amide bonds. The molecule has 9 heavy (non-hydrogen) atoms. The van der Waals surface area contributed by atoms with E-state index in [1.54, 1.807) is 0 Å². The average Bonchev–Trinajstić information content (AvgIpc) is 1.63. The summed E-state index contributed by atoms with van der Waals surface area (Å²) in [7, 11) is 0. The summed E-state index contributed by atoms with van der Waals surface area (Å²) < 4.78 is 0. The number of thiol groups is 1. The molecule has 0 spiro atoms. The van der Waals surface area contributed by atoms with Gasteiger partial charge in [-0.15, -0.1) is 12.6 Å². The number of hydrogen-bond donors (Lipinski definition) is 2. The molecule has 0 aromatic rings. The molecule has 0 aromatic heterocycles. The summed E-state index contributed by atoms with van der Waals surface area (Å²) in [5.74, 6) is 0.140. The van der Waals surface area contributed by atoms with Crippen molar-refractivity contribution in [1.82, 2.24) is 0 Å². The number of carbonyl (C=O) groups excluding carboxylic acids is 1. The summed E-state index contributed by atoms with van der Waals surface area (Å²) >= 11 is 3.53. The predicted molar refractivity (Wildman–Crippen MR) is 39.5 cm³/mol. The molecule has 2 nitrogen and oxygen atoms in total. The first-order valence-corrected chi connectivity index (χ1v) is 3.38. The molecule has 1 N–H and O–H groups in total. The lowest BCUT2D eigenvalue weighted by molar-refractivity contribution is -0.113. The Kier molecular flexibility index (Phi) is 3.89. The Morgan fingerprint density at radius 2 is 2.11 bits per heavy atom. The normalized spacial score (nSPS) is 13.9. The van der Waals surface area contributed by atoms with E-state index in [1.165, 1.54) is 0 Å². The SMILES string of the molecule is CC(C)C(O)CC(=O)S. The van der Waals surface area contributed by atoms with Crippen LogP contribution in [0.15, 0.2) is 0 Å². The van der Waals surface area contributed by atoms with Crippen LogP contribution in [0.2, 0.25) is 0 Å². The summed E-state index contributed by atoms with van der Waals surface area (Å²) in [6.45, 7) is 3.72. The Balaban J connectivity index is 3.50. The van der Waals surface area contributed by atoms with Crippen LogP contribution in [-0.2, 0) is 4.79 Å². The number of aliphatic hydroxyl groups excluding tert-OH is 1. The van der Waals surface area contributed by atoms with Gasteiger partial charge in [0.15, 0.2) is 5.12 Å². The standard InChI is InChI=1S/C6H12O2S/c1-4(2)5(7)3-6(8)9/h4-5,7H,3H2,1-2H3,(H,8,9). The van der Waals surface area contributed by atoms with Crippen molar-refractivity contribution in [2.45, 2.75) is 26.4 Å². The van der Waals surface area contributed by atoms with Crippen LogP contribution >= 0.6 is 12.6 Å². The van der Waals surface area contributed by atoms with Crippen molar-refractivity contribution in [2.24, 2.45) is 5.92 Å². The lowest BCUT2D eigenvalue weighted by atomic mass is 10.1. The molecule has 0 saturated heterocycles. The highest BCUT2D eigenvalue weighted by molar-refractivity contribution is 7.96. The third kappa shape index (κ3) is 4.48. The lowest BCUT2D eigenvalue weighted by Gasteiger charge is -2.10. The second kappa shape index (κ2) is 3.90. The second-order valence-electron chi connectivity index (χ2n) is 2.41. The topological polar surface area (TPSA) is 37.3 Å². The van der Waals surface area contributed by atoms with E-state index >= 15 is 0 Å². The first-order chi connectivity index (χ1) is 4.04. The van der Waals surface area contributed by atoms with Crippen molar-refractivity contribution < 1.29 is 9.90 Å². The monoisotopic (exact) mass is 148 g/mol. The van der Waals surface area contributed by atoms with Gasteiger partial charge in [0.2, 0.25) is 0 Å². The van der Waals surface area contributed by atoms with Crippen molar-refractivity contribution in [1.29, 1.82) is 0 Å². The third-order valence-electron chi connectivity index (χ3n) is 1.15. The van der Waals surface area contributed by atoms with Gasteiger partial charge in [0.05, 0.1) is 6.10 Å². The van der Waals surface area contributed by atoms with Crippen molar-refractivity contribution >= 4 is 17.7 Å². The minimum absolute atomic E-state index is 0.140. The number of aliphatic hydroxyl groups is 1. The van der Waals surface area contributed by atoms with Crippen molar-refractivity contribution in [3.8, 4) is 0 Å². The first-order valence-electron chi connectivity index (χ1n) is 2.94. The van der Waals surface area contributed by atoms with Crippen LogP contribution in [0.3, 0.4) is 0 Å². The van der Waals surface area contributed by atoms with Gasteiger partial charge in [0.25, 0.3) is 0 Å². The highest BCUT2D eigenvalue weighted by atomic mass is 32.1. The molecule has 1 unspecified atom stereocenters. The van der Waals surface area contributed by atoms with Crippen molar-refractivity contribution in [3.63, 3.8) is 0 Å². The molecule has 1 atom stereocenters. The molecule has 0 bridgehead atoms. The first kappa shape index (κ1) is 8.98. The van der Waals surface area contributed by atoms with Crippen LogP contribution in [0.5, 0.6) is 0 Å². The minimum Gasteiger partial charge on any atom is -0.392 e. The Hall–Kier alpha value is -0.0200. The number of hydrogen-bond acceptors (Lipinski definition) is 2. The molecule has 0 saturated carbocycles. The second-order valence-corrected chi connectivity index (χ2v) is 2.91. The van der Waals surface area contributed by atoms with Gasteiger partial charge in [0.1, 0.15) is 0 Å². The molecule has 0 aliphatic heterocycles. The Morgan fingerprint density at radius 3 is 2.22 bits per heavy atom. The maximum Gasteiger partial charge on any atom is 0.188 e. The van der Waals surface area contributed by atoms with Crippen LogP contribution in [0.4, 0.5) is 0 Å². The van der Waals surface area contributed by atoms with Gasteiger partial charge in [-0.2, -0.15) is 0 Å². The quantitative estimate of drug-likeness (QED) is 0.582. The van der Waals surface area contributed by atoms with E-state index in [2.05, 4.69) is 12.6 Å². The zero-order valence-electron chi connectivity index (χ0n) is 5.66. The largest absolute Gasteiger partial charge is 0.392 e. The lowest BCUT2D eigenvalue weighted by Crippen LogP contribution is -2.16. The fraction of sp³-hybridized carbons (Fsp3) is 0.833. The highest BCUT2D eigenvalue weighted by Crippen LogP contribution is 2.06. The Labute approximate surface area is 60.7 Å². The molecule has 54 valence electrons. The minimum atomic E-state index is -0.532. The van der Waals surface area contributed by atoms with E-state index in [9.17, 15) is 4.79 Å². The molecule has 0 aliphatic rings. The molecular weight excluding hydrogens is 136 g/mol. The van der Waals surface area contributed by atoms with Crippen LogP contribution in [0, 0.1) is 5.92 Å². The van der Waals surface area contributed by atoms with E-state index in [0.29, 0.717) is 0 Å². The van der Waals surface area contributed by atoms with Gasteiger partial charge in [-0.05, 0) is 5.92 Å². The maximum atomic E-state index is 10.3. The average molecular weight is 148 g/mol. The fourth-order valence-electron chi connectivity index (χ4n) is 0.415. The van der Waals surface area contributed by atoms with Crippen molar-refractivity contribution in [2.75, 3.05) is 0 Å². The Morgan fingerprint density at radius 1 is 1.67 bits per heavy atom. The number of carbonyl (C=O) groups is 1. The zero-order chi connectivity index (χ0) is 7.44. The van der Waals surface area contributed by atoms with Crippen molar-refractivity contribution in [3.05, 3.63) is 0 Å². The molecule has 0 aliphatic carbocycles. The summed E-state index contributed by atoms with van der Waals surface area (Å²) in [6.07, 6.45) is -0.379. The Bertz CT molecular complexity index is 101. The van der Waals surface area contributed by atoms with Crippen LogP contribution in [-0.4, -0.2) is 16.3 Å². The summed E-state index contributed by atoms with van der Waals surface area (Å²) in [4.78, 5) is 10.3.